The van der Waals surface area contributed by atoms with Crippen molar-refractivity contribution in [3.8, 4) is 0 Å². The first-order chi connectivity index (χ1) is 15.8. The molecule has 4 rings (SSSR count). The van der Waals surface area contributed by atoms with Crippen LogP contribution < -0.4 is 0 Å². The van der Waals surface area contributed by atoms with E-state index < -0.39 is 7.33 Å². The van der Waals surface area contributed by atoms with Crippen molar-refractivity contribution < 1.29 is 0 Å². The number of benzene rings is 4. The predicted molar refractivity (Wildman–Crippen MR) is 148 cm³/mol. The molecule has 0 aliphatic rings. The minimum absolute atomic E-state index is 0.718. The molecule has 0 aromatic heterocycles. The molecule has 0 atom stereocenters. The summed E-state index contributed by atoms with van der Waals surface area (Å²) in [6.45, 7) is 0. The van der Waals surface area contributed by atoms with Gasteiger partial charge in [-0.3, -0.25) is 0 Å². The summed E-state index contributed by atoms with van der Waals surface area (Å²) in [5.74, 6) is 0. The summed E-state index contributed by atoms with van der Waals surface area (Å²) in [5.41, 5.74) is 1.44. The SMILES string of the molecule is ClC(Cl)(SC(Cl)(Cl)c1ccc(Sc2ccccc2)cc1)c1ccc(Sc2ccccc2)cc1. The molecule has 0 amide bonds. The molecule has 4 aromatic carbocycles. The molecule has 0 aliphatic heterocycles. The Bertz CT molecular complexity index is 1070. The molecular weight excluding hydrogens is 550 g/mol. The van der Waals surface area contributed by atoms with Gasteiger partial charge in [0.15, 0.2) is 7.33 Å². The van der Waals surface area contributed by atoms with Gasteiger partial charge in [-0.1, -0.05) is 142 Å². The van der Waals surface area contributed by atoms with Crippen molar-refractivity contribution in [1.82, 2.24) is 0 Å². The lowest BCUT2D eigenvalue weighted by Gasteiger charge is -2.28. The first-order valence-electron chi connectivity index (χ1n) is 9.94. The fourth-order valence-electron chi connectivity index (χ4n) is 2.96. The maximum Gasteiger partial charge on any atom is 0.191 e. The van der Waals surface area contributed by atoms with E-state index in [0.717, 1.165) is 42.5 Å². The number of thioether (sulfide) groups is 1. The van der Waals surface area contributed by atoms with Crippen LogP contribution in [0.4, 0.5) is 0 Å². The van der Waals surface area contributed by atoms with Gasteiger partial charge in [-0.2, -0.15) is 0 Å². The Hall–Kier alpha value is -0.910. The second-order valence-corrected chi connectivity index (χ2v) is 14.3. The Morgan fingerprint density at radius 1 is 0.394 bits per heavy atom. The standard InChI is InChI=1S/C26H18Cl4S3/c27-25(28,19-11-15-23(16-12-19)31-21-7-3-1-4-8-21)33-26(29,30)20-13-17-24(18-14-20)32-22-9-5-2-6-10-22/h1-18H. The Labute approximate surface area is 227 Å². The Morgan fingerprint density at radius 3 is 1.03 bits per heavy atom. The van der Waals surface area contributed by atoms with E-state index in [1.807, 2.05) is 84.9 Å². The van der Waals surface area contributed by atoms with Gasteiger partial charge in [-0.05, 0) is 59.7 Å². The van der Waals surface area contributed by atoms with E-state index in [2.05, 4.69) is 24.3 Å². The van der Waals surface area contributed by atoms with Gasteiger partial charge >= 0.3 is 0 Å². The summed E-state index contributed by atoms with van der Waals surface area (Å²) in [7, 11) is 0. The number of hydrogen-bond acceptors (Lipinski definition) is 3. The van der Waals surface area contributed by atoms with Crippen molar-refractivity contribution in [2.24, 2.45) is 0 Å². The van der Waals surface area contributed by atoms with Gasteiger partial charge in [0.25, 0.3) is 0 Å². The molecule has 0 nitrogen and oxygen atoms in total. The van der Waals surface area contributed by atoms with Crippen molar-refractivity contribution >= 4 is 81.7 Å². The predicted octanol–water partition coefficient (Wildman–Crippen LogP) is 10.6. The third-order valence-corrected chi connectivity index (χ3v) is 9.41. The summed E-state index contributed by atoms with van der Waals surface area (Å²) in [4.78, 5) is 4.51. The molecule has 7 heteroatoms. The minimum Gasteiger partial charge on any atom is -0.0901 e. The molecule has 4 aromatic rings. The number of alkyl halides is 4. The normalized spacial score (nSPS) is 12.0. The van der Waals surface area contributed by atoms with Crippen molar-refractivity contribution in [1.29, 1.82) is 0 Å². The fraction of sp³-hybridized carbons (Fsp3) is 0.0769. The van der Waals surface area contributed by atoms with Crippen LogP contribution in [0.1, 0.15) is 11.1 Å². The lowest BCUT2D eigenvalue weighted by molar-refractivity contribution is 1.17. The Kier molecular flexibility index (Phi) is 8.56. The molecular formula is C26H18Cl4S3. The first kappa shape index (κ1) is 25.2. The summed E-state index contributed by atoms with van der Waals surface area (Å²) in [6.07, 6.45) is 0. The topological polar surface area (TPSA) is 0 Å². The average Bonchev–Trinajstić information content (AvgIpc) is 2.80. The van der Waals surface area contributed by atoms with Crippen LogP contribution in [-0.2, 0) is 7.33 Å². The number of halogens is 4. The zero-order valence-corrected chi connectivity index (χ0v) is 22.6. The molecule has 0 N–H and O–H groups in total. The van der Waals surface area contributed by atoms with Crippen LogP contribution in [-0.4, -0.2) is 0 Å². The van der Waals surface area contributed by atoms with Crippen LogP contribution in [0.3, 0.4) is 0 Å². The monoisotopic (exact) mass is 566 g/mol. The van der Waals surface area contributed by atoms with E-state index in [1.165, 1.54) is 0 Å². The molecule has 0 spiro atoms. The van der Waals surface area contributed by atoms with Crippen LogP contribution in [0.15, 0.2) is 129 Å². The van der Waals surface area contributed by atoms with E-state index in [-0.39, 0.29) is 0 Å². The molecule has 33 heavy (non-hydrogen) atoms. The summed E-state index contributed by atoms with van der Waals surface area (Å²) in [6, 6.07) is 35.9. The minimum atomic E-state index is -1.32. The van der Waals surface area contributed by atoms with Crippen molar-refractivity contribution in [3.05, 3.63) is 120 Å². The van der Waals surface area contributed by atoms with Crippen LogP contribution in [0.2, 0.25) is 0 Å². The molecule has 0 heterocycles. The molecule has 0 bridgehead atoms. The zero-order valence-electron chi connectivity index (χ0n) is 17.1. The maximum atomic E-state index is 6.70. The molecule has 0 unspecified atom stereocenters. The summed E-state index contributed by atoms with van der Waals surface area (Å²) < 4.78 is -2.65. The Balaban J connectivity index is 1.43. The first-order valence-corrected chi connectivity index (χ1v) is 13.9. The highest BCUT2D eigenvalue weighted by Gasteiger charge is 2.40. The molecule has 0 aliphatic carbocycles. The highest BCUT2D eigenvalue weighted by atomic mass is 35.5. The maximum absolute atomic E-state index is 6.70. The van der Waals surface area contributed by atoms with Gasteiger partial charge < -0.3 is 0 Å². The second kappa shape index (κ2) is 11.2. The van der Waals surface area contributed by atoms with Crippen molar-refractivity contribution in [3.63, 3.8) is 0 Å². The summed E-state index contributed by atoms with van der Waals surface area (Å²) >= 11 is 31.2. The third-order valence-electron chi connectivity index (χ3n) is 4.59. The van der Waals surface area contributed by atoms with Gasteiger partial charge in [0.05, 0.1) is 0 Å². The highest BCUT2D eigenvalue weighted by molar-refractivity contribution is 8.05. The number of rotatable bonds is 8. The van der Waals surface area contributed by atoms with Gasteiger partial charge in [0, 0.05) is 19.6 Å². The molecule has 168 valence electrons. The lowest BCUT2D eigenvalue weighted by Crippen LogP contribution is -2.15. The van der Waals surface area contributed by atoms with Gasteiger partial charge in [-0.25, -0.2) is 0 Å². The van der Waals surface area contributed by atoms with Gasteiger partial charge in [0.1, 0.15) is 0 Å². The van der Waals surface area contributed by atoms with Crippen LogP contribution >= 0.6 is 81.7 Å². The quantitative estimate of drug-likeness (QED) is 0.194. The molecule has 0 saturated carbocycles. The lowest BCUT2D eigenvalue weighted by atomic mass is 10.2. The van der Waals surface area contributed by atoms with E-state index in [9.17, 15) is 0 Å². The van der Waals surface area contributed by atoms with Crippen LogP contribution in [0, 0.1) is 0 Å². The van der Waals surface area contributed by atoms with Crippen LogP contribution in [0.25, 0.3) is 0 Å². The zero-order chi connectivity index (χ0) is 23.3. The van der Waals surface area contributed by atoms with Crippen molar-refractivity contribution in [2.75, 3.05) is 0 Å². The van der Waals surface area contributed by atoms with Crippen molar-refractivity contribution in [2.45, 2.75) is 26.9 Å². The van der Waals surface area contributed by atoms with E-state index in [4.69, 9.17) is 46.4 Å². The molecule has 0 saturated heterocycles. The Morgan fingerprint density at radius 2 is 0.697 bits per heavy atom. The summed E-state index contributed by atoms with van der Waals surface area (Å²) in [5, 5.41) is 0. The third kappa shape index (κ3) is 7.05. The largest absolute Gasteiger partial charge is 0.191 e. The molecule has 0 fully saturated rings. The molecule has 0 radical (unpaired) electrons. The van der Waals surface area contributed by atoms with E-state index in [1.54, 1.807) is 23.5 Å². The average molecular weight is 568 g/mol. The van der Waals surface area contributed by atoms with E-state index >= 15 is 0 Å². The second-order valence-electron chi connectivity index (χ2n) is 7.01. The fourth-order valence-corrected chi connectivity index (χ4v) is 7.83. The van der Waals surface area contributed by atoms with E-state index in [0.29, 0.717) is 0 Å². The smallest absolute Gasteiger partial charge is 0.0901 e. The van der Waals surface area contributed by atoms with Gasteiger partial charge in [-0.15, -0.1) is 0 Å². The highest BCUT2D eigenvalue weighted by Crippen LogP contribution is 2.58. The van der Waals surface area contributed by atoms with Gasteiger partial charge in [0.2, 0.25) is 0 Å². The van der Waals surface area contributed by atoms with Crippen LogP contribution in [0.5, 0.6) is 0 Å². The number of hydrogen-bond donors (Lipinski definition) is 0.